The van der Waals surface area contributed by atoms with Gasteiger partial charge in [-0.3, -0.25) is 0 Å². The van der Waals surface area contributed by atoms with Gasteiger partial charge < -0.3 is 15.2 Å². The van der Waals surface area contributed by atoms with Gasteiger partial charge in [-0.2, -0.15) is 0 Å². The second-order valence-corrected chi connectivity index (χ2v) is 5.06. The molecule has 16 heavy (non-hydrogen) atoms. The number of rotatable bonds is 4. The van der Waals surface area contributed by atoms with E-state index in [0.717, 1.165) is 17.1 Å². The van der Waals surface area contributed by atoms with Crippen molar-refractivity contribution in [2.75, 3.05) is 13.2 Å². The molecule has 5 heteroatoms. The molecule has 0 aliphatic carbocycles. The zero-order chi connectivity index (χ0) is 11.5. The minimum absolute atomic E-state index is 0.0294. The Hall–Kier alpha value is -0.490. The lowest BCUT2D eigenvalue weighted by molar-refractivity contribution is 0.121. The predicted octanol–water partition coefficient (Wildman–Crippen LogP) is 1.12. The average molecular weight is 242 g/mol. The molecule has 1 aromatic rings. The Kier molecular flexibility index (Phi) is 3.91. The Labute approximate surface area is 99.7 Å². The number of nitrogens with zero attached hydrogens (tertiary/aromatic N) is 1. The standard InChI is InChI=1S/C11H18N2O2S/c1-3-11-13-9(6-16-11)7(2)12-8-4-15-5-10(8)14/h6-8,10,12,14H,3-5H2,1-2H3/t7?,8-,10-/m1/s1. The molecule has 0 amide bonds. The van der Waals surface area contributed by atoms with E-state index in [0.29, 0.717) is 13.2 Å². The number of hydrogen-bond acceptors (Lipinski definition) is 5. The molecule has 2 N–H and O–H groups in total. The first-order valence-electron chi connectivity index (χ1n) is 5.67. The summed E-state index contributed by atoms with van der Waals surface area (Å²) in [7, 11) is 0. The van der Waals surface area contributed by atoms with Crippen molar-refractivity contribution >= 4 is 11.3 Å². The van der Waals surface area contributed by atoms with Gasteiger partial charge in [0.2, 0.25) is 0 Å². The molecule has 90 valence electrons. The van der Waals surface area contributed by atoms with Gasteiger partial charge in [-0.15, -0.1) is 11.3 Å². The largest absolute Gasteiger partial charge is 0.389 e. The highest BCUT2D eigenvalue weighted by molar-refractivity contribution is 7.09. The number of aryl methyl sites for hydroxylation is 1. The van der Waals surface area contributed by atoms with Crippen molar-refractivity contribution in [1.82, 2.24) is 10.3 Å². The van der Waals surface area contributed by atoms with Gasteiger partial charge in [-0.1, -0.05) is 6.92 Å². The third kappa shape index (κ3) is 2.60. The molecule has 0 saturated carbocycles. The average Bonchev–Trinajstić information content (AvgIpc) is 2.88. The van der Waals surface area contributed by atoms with Crippen LogP contribution in [0.25, 0.3) is 0 Å². The van der Waals surface area contributed by atoms with Gasteiger partial charge in [0.15, 0.2) is 0 Å². The van der Waals surface area contributed by atoms with Crippen LogP contribution in [0.4, 0.5) is 0 Å². The minimum atomic E-state index is -0.397. The van der Waals surface area contributed by atoms with Crippen molar-refractivity contribution < 1.29 is 9.84 Å². The molecule has 4 nitrogen and oxygen atoms in total. The summed E-state index contributed by atoms with van der Waals surface area (Å²) in [4.78, 5) is 4.53. The van der Waals surface area contributed by atoms with Gasteiger partial charge in [-0.05, 0) is 13.3 Å². The van der Waals surface area contributed by atoms with E-state index in [-0.39, 0.29) is 12.1 Å². The second-order valence-electron chi connectivity index (χ2n) is 4.12. The van der Waals surface area contributed by atoms with Crippen LogP contribution in [0.15, 0.2) is 5.38 Å². The van der Waals surface area contributed by atoms with E-state index in [2.05, 4.69) is 29.5 Å². The van der Waals surface area contributed by atoms with Crippen molar-refractivity contribution in [3.63, 3.8) is 0 Å². The highest BCUT2D eigenvalue weighted by Crippen LogP contribution is 2.18. The lowest BCUT2D eigenvalue weighted by atomic mass is 10.1. The Morgan fingerprint density at radius 2 is 2.50 bits per heavy atom. The predicted molar refractivity (Wildman–Crippen MR) is 63.7 cm³/mol. The maximum absolute atomic E-state index is 9.63. The summed E-state index contributed by atoms with van der Waals surface area (Å²) in [6, 6.07) is 0.194. The molecular formula is C11H18N2O2S. The van der Waals surface area contributed by atoms with Gasteiger partial charge in [0, 0.05) is 11.4 Å². The van der Waals surface area contributed by atoms with Crippen LogP contribution in [0.2, 0.25) is 0 Å². The lowest BCUT2D eigenvalue weighted by Crippen LogP contribution is -2.40. The normalized spacial score (nSPS) is 27.2. The Morgan fingerprint density at radius 3 is 3.06 bits per heavy atom. The summed E-state index contributed by atoms with van der Waals surface area (Å²) in [6.07, 6.45) is 0.582. The number of hydrogen-bond donors (Lipinski definition) is 2. The van der Waals surface area contributed by atoms with Crippen molar-refractivity contribution in [1.29, 1.82) is 0 Å². The van der Waals surface area contributed by atoms with Gasteiger partial charge in [0.1, 0.15) is 0 Å². The first-order valence-corrected chi connectivity index (χ1v) is 6.54. The van der Waals surface area contributed by atoms with Crippen LogP contribution >= 0.6 is 11.3 Å². The number of ether oxygens (including phenoxy) is 1. The molecule has 0 bridgehead atoms. The van der Waals surface area contributed by atoms with Crippen LogP contribution in [-0.2, 0) is 11.2 Å². The third-order valence-corrected chi connectivity index (χ3v) is 3.84. The molecule has 1 aromatic heterocycles. The van der Waals surface area contributed by atoms with E-state index >= 15 is 0 Å². The molecular weight excluding hydrogens is 224 g/mol. The Morgan fingerprint density at radius 1 is 1.69 bits per heavy atom. The van der Waals surface area contributed by atoms with Crippen LogP contribution in [-0.4, -0.2) is 35.5 Å². The maximum Gasteiger partial charge on any atom is 0.0948 e. The summed E-state index contributed by atoms with van der Waals surface area (Å²) in [5.41, 5.74) is 1.06. The summed E-state index contributed by atoms with van der Waals surface area (Å²) in [6.45, 7) is 5.19. The first-order chi connectivity index (χ1) is 7.70. The van der Waals surface area contributed by atoms with Crippen LogP contribution in [0, 0.1) is 0 Å². The lowest BCUT2D eigenvalue weighted by Gasteiger charge is -2.19. The van der Waals surface area contributed by atoms with Gasteiger partial charge in [0.25, 0.3) is 0 Å². The van der Waals surface area contributed by atoms with Crippen LogP contribution < -0.4 is 5.32 Å². The van der Waals surface area contributed by atoms with Crippen molar-refractivity contribution in [2.45, 2.75) is 38.5 Å². The first kappa shape index (κ1) is 12.0. The van der Waals surface area contributed by atoms with E-state index in [1.54, 1.807) is 11.3 Å². The molecule has 2 rings (SSSR count). The van der Waals surface area contributed by atoms with Crippen molar-refractivity contribution in [3.05, 3.63) is 16.1 Å². The summed E-state index contributed by atoms with van der Waals surface area (Å²) >= 11 is 1.69. The smallest absolute Gasteiger partial charge is 0.0948 e. The zero-order valence-corrected chi connectivity index (χ0v) is 10.5. The monoisotopic (exact) mass is 242 g/mol. The van der Waals surface area contributed by atoms with Gasteiger partial charge >= 0.3 is 0 Å². The minimum Gasteiger partial charge on any atom is -0.389 e. The number of thiazole rings is 1. The number of nitrogens with one attached hydrogen (secondary N) is 1. The Bertz CT molecular complexity index is 342. The molecule has 1 fully saturated rings. The fourth-order valence-electron chi connectivity index (χ4n) is 1.80. The summed E-state index contributed by atoms with van der Waals surface area (Å²) in [5, 5.41) is 16.2. The number of aromatic nitrogens is 1. The second kappa shape index (κ2) is 5.23. The summed E-state index contributed by atoms with van der Waals surface area (Å²) < 4.78 is 5.20. The third-order valence-electron chi connectivity index (χ3n) is 2.83. The quantitative estimate of drug-likeness (QED) is 0.830. The molecule has 0 spiro atoms. The fraction of sp³-hybridized carbons (Fsp3) is 0.727. The fourth-order valence-corrected chi connectivity index (χ4v) is 2.63. The molecule has 0 aromatic carbocycles. The highest BCUT2D eigenvalue weighted by atomic mass is 32.1. The SMILES string of the molecule is CCc1nc(C(C)N[C@@H]2COC[C@H]2O)cs1. The zero-order valence-electron chi connectivity index (χ0n) is 9.64. The molecule has 3 atom stereocenters. The molecule has 1 aliphatic heterocycles. The molecule has 1 aliphatic rings. The molecule has 0 radical (unpaired) electrons. The topological polar surface area (TPSA) is 54.4 Å². The van der Waals surface area contributed by atoms with E-state index in [1.807, 2.05) is 0 Å². The maximum atomic E-state index is 9.63. The summed E-state index contributed by atoms with van der Waals surface area (Å²) in [5.74, 6) is 0. The number of aliphatic hydroxyl groups is 1. The van der Waals surface area contributed by atoms with Crippen LogP contribution in [0.5, 0.6) is 0 Å². The molecule has 1 unspecified atom stereocenters. The van der Waals surface area contributed by atoms with Gasteiger partial charge in [0.05, 0.1) is 36.1 Å². The molecule has 1 saturated heterocycles. The Balaban J connectivity index is 1.94. The van der Waals surface area contributed by atoms with Crippen LogP contribution in [0.3, 0.4) is 0 Å². The van der Waals surface area contributed by atoms with E-state index < -0.39 is 6.10 Å². The highest BCUT2D eigenvalue weighted by Gasteiger charge is 2.27. The van der Waals surface area contributed by atoms with E-state index in [9.17, 15) is 5.11 Å². The van der Waals surface area contributed by atoms with Crippen molar-refractivity contribution in [3.8, 4) is 0 Å². The van der Waals surface area contributed by atoms with Crippen LogP contribution in [0.1, 0.15) is 30.6 Å². The van der Waals surface area contributed by atoms with E-state index in [1.165, 1.54) is 0 Å². The van der Waals surface area contributed by atoms with Crippen molar-refractivity contribution in [2.24, 2.45) is 0 Å². The number of aliphatic hydroxyl groups excluding tert-OH is 1. The van der Waals surface area contributed by atoms with E-state index in [4.69, 9.17) is 4.74 Å². The molecule has 2 heterocycles. The van der Waals surface area contributed by atoms with Gasteiger partial charge in [-0.25, -0.2) is 4.98 Å².